The predicted octanol–water partition coefficient (Wildman–Crippen LogP) is -4.33. The monoisotopic (exact) mass is 133 g/mol. The van der Waals surface area contributed by atoms with Crippen molar-refractivity contribution >= 4 is 10.3 Å². The average molecular weight is 133 g/mol. The van der Waals surface area contributed by atoms with Crippen LogP contribution in [0.3, 0.4) is 0 Å². The molecule has 0 aliphatic carbocycles. The molecule has 0 aromatic carbocycles. The Kier molecular flexibility index (Phi) is 5.89. The van der Waals surface area contributed by atoms with Crippen molar-refractivity contribution in [3.05, 3.63) is 0 Å². The van der Waals surface area contributed by atoms with E-state index in [1.165, 1.54) is 4.72 Å². The normalized spacial score (nSPS) is 10.0. The standard InChI is InChI=1S/CH5NO3S.Na/c1-2-6(3,4)5;/h2H,1H3,(H,3,4,5);/q;+1/p-1. The van der Waals surface area contributed by atoms with Gasteiger partial charge in [0.2, 0.25) is 0 Å². The zero-order valence-electron chi connectivity index (χ0n) is 4.13. The molecule has 1 N–H and O–H groups in total. The molecule has 0 aromatic heterocycles. The Labute approximate surface area is 64.5 Å². The van der Waals surface area contributed by atoms with Gasteiger partial charge in [0.15, 0.2) is 10.3 Å². The van der Waals surface area contributed by atoms with Crippen molar-refractivity contribution in [1.29, 1.82) is 0 Å². The maximum Gasteiger partial charge on any atom is 1.00 e. The van der Waals surface area contributed by atoms with Crippen LogP contribution in [0.1, 0.15) is 0 Å². The Morgan fingerprint density at radius 3 is 1.71 bits per heavy atom. The molecule has 0 atom stereocenters. The van der Waals surface area contributed by atoms with Gasteiger partial charge in [0.05, 0.1) is 0 Å². The molecule has 4 nitrogen and oxygen atoms in total. The number of nitrogens with one attached hydrogen (secondary N) is 1. The van der Waals surface area contributed by atoms with Crippen LogP contribution in [0.5, 0.6) is 0 Å². The summed E-state index contributed by atoms with van der Waals surface area (Å²) in [6.45, 7) is 0. The predicted molar refractivity (Wildman–Crippen MR) is 18.8 cm³/mol. The van der Waals surface area contributed by atoms with Crippen LogP contribution in [-0.2, 0) is 10.3 Å². The van der Waals surface area contributed by atoms with E-state index in [2.05, 4.69) is 0 Å². The summed E-state index contributed by atoms with van der Waals surface area (Å²) in [4.78, 5) is 0. The largest absolute Gasteiger partial charge is 1.00 e. The van der Waals surface area contributed by atoms with Crippen LogP contribution >= 0.6 is 0 Å². The number of hydrogen-bond acceptors (Lipinski definition) is 3. The molecule has 0 spiro atoms. The smallest absolute Gasteiger partial charge is 0.735 e. The Balaban J connectivity index is 0. The molecule has 0 amide bonds. The zero-order chi connectivity index (χ0) is 5.21. The van der Waals surface area contributed by atoms with Gasteiger partial charge in [0, 0.05) is 0 Å². The molecular weight excluding hydrogens is 129 g/mol. The van der Waals surface area contributed by atoms with Crippen molar-refractivity contribution in [3.8, 4) is 0 Å². The van der Waals surface area contributed by atoms with E-state index in [0.717, 1.165) is 7.05 Å². The van der Waals surface area contributed by atoms with E-state index >= 15 is 0 Å². The van der Waals surface area contributed by atoms with E-state index in [1.54, 1.807) is 0 Å². The second kappa shape index (κ2) is 3.82. The average Bonchev–Trinajstić information content (AvgIpc) is 1.35. The van der Waals surface area contributed by atoms with E-state index in [0.29, 0.717) is 0 Å². The van der Waals surface area contributed by atoms with Gasteiger partial charge in [-0.3, -0.25) is 0 Å². The van der Waals surface area contributed by atoms with Crippen LogP contribution < -0.4 is 34.3 Å². The minimum atomic E-state index is -4.16. The molecule has 0 aliphatic rings. The first-order valence-corrected chi connectivity index (χ1v) is 2.61. The van der Waals surface area contributed by atoms with Gasteiger partial charge in [0.1, 0.15) is 0 Å². The molecule has 0 fully saturated rings. The van der Waals surface area contributed by atoms with Crippen molar-refractivity contribution in [2.45, 2.75) is 0 Å². The van der Waals surface area contributed by atoms with Gasteiger partial charge < -0.3 is 4.55 Å². The van der Waals surface area contributed by atoms with Crippen LogP contribution in [0.15, 0.2) is 0 Å². The fraction of sp³-hybridized carbons (Fsp3) is 1.00. The third-order valence-corrected chi connectivity index (χ3v) is 0.750. The Morgan fingerprint density at radius 1 is 1.57 bits per heavy atom. The van der Waals surface area contributed by atoms with E-state index in [1.807, 2.05) is 0 Å². The molecule has 0 aliphatic heterocycles. The fourth-order valence-electron chi connectivity index (χ4n) is 0. The Morgan fingerprint density at radius 2 is 1.71 bits per heavy atom. The molecular formula is CH4NNaO3S. The fourth-order valence-corrected chi connectivity index (χ4v) is 0. The summed E-state index contributed by atoms with van der Waals surface area (Å²) in [5, 5.41) is 0. The van der Waals surface area contributed by atoms with Crippen LogP contribution in [0, 0.1) is 0 Å². The van der Waals surface area contributed by atoms with Crippen LogP contribution in [-0.4, -0.2) is 20.0 Å². The van der Waals surface area contributed by atoms with Crippen molar-refractivity contribution in [1.82, 2.24) is 4.72 Å². The molecule has 0 heterocycles. The summed E-state index contributed by atoms with van der Waals surface area (Å²) in [6, 6.07) is 0. The van der Waals surface area contributed by atoms with Crippen LogP contribution in [0.4, 0.5) is 0 Å². The molecule has 7 heavy (non-hydrogen) atoms. The third-order valence-electron chi connectivity index (χ3n) is 0.250. The molecule has 0 saturated heterocycles. The van der Waals surface area contributed by atoms with Gasteiger partial charge in [-0.1, -0.05) is 0 Å². The van der Waals surface area contributed by atoms with Crippen molar-refractivity contribution < 1.29 is 42.5 Å². The molecule has 0 aromatic rings. The molecule has 38 valence electrons. The second-order valence-corrected chi connectivity index (χ2v) is 1.97. The molecule has 6 heteroatoms. The van der Waals surface area contributed by atoms with Crippen molar-refractivity contribution in [2.24, 2.45) is 0 Å². The van der Waals surface area contributed by atoms with Crippen molar-refractivity contribution in [3.63, 3.8) is 0 Å². The van der Waals surface area contributed by atoms with Crippen molar-refractivity contribution in [2.75, 3.05) is 7.05 Å². The van der Waals surface area contributed by atoms with E-state index in [-0.39, 0.29) is 29.6 Å². The third kappa shape index (κ3) is 10.9. The molecule has 0 saturated carbocycles. The second-order valence-electron chi connectivity index (χ2n) is 0.658. The zero-order valence-corrected chi connectivity index (χ0v) is 6.95. The molecule has 0 rings (SSSR count). The summed E-state index contributed by atoms with van der Waals surface area (Å²) < 4.78 is 29.5. The van der Waals surface area contributed by atoms with E-state index in [9.17, 15) is 13.0 Å². The van der Waals surface area contributed by atoms with Gasteiger partial charge in [-0.25, -0.2) is 13.1 Å². The van der Waals surface area contributed by atoms with E-state index < -0.39 is 10.3 Å². The Hall–Kier alpha value is 0.870. The topological polar surface area (TPSA) is 69.2 Å². The summed E-state index contributed by atoms with van der Waals surface area (Å²) in [5.41, 5.74) is 0. The first kappa shape index (κ1) is 10.8. The van der Waals surface area contributed by atoms with E-state index in [4.69, 9.17) is 0 Å². The van der Waals surface area contributed by atoms with Gasteiger partial charge in [-0.2, -0.15) is 0 Å². The van der Waals surface area contributed by atoms with Crippen LogP contribution in [0.2, 0.25) is 0 Å². The molecule has 0 radical (unpaired) electrons. The van der Waals surface area contributed by atoms with Crippen LogP contribution in [0.25, 0.3) is 0 Å². The maximum absolute atomic E-state index is 9.33. The van der Waals surface area contributed by atoms with Gasteiger partial charge in [-0.05, 0) is 7.05 Å². The summed E-state index contributed by atoms with van der Waals surface area (Å²) >= 11 is 0. The number of rotatable bonds is 1. The first-order valence-electron chi connectivity index (χ1n) is 1.20. The minimum Gasteiger partial charge on any atom is -0.735 e. The molecule has 0 unspecified atom stereocenters. The first-order chi connectivity index (χ1) is 2.56. The summed E-state index contributed by atoms with van der Waals surface area (Å²) in [6.07, 6.45) is 0. The molecule has 0 bridgehead atoms. The minimum absolute atomic E-state index is 0. The maximum atomic E-state index is 9.33. The van der Waals surface area contributed by atoms with Gasteiger partial charge in [0.25, 0.3) is 0 Å². The summed E-state index contributed by atoms with van der Waals surface area (Å²) in [5.74, 6) is 0. The quantitative estimate of drug-likeness (QED) is 0.290. The Bertz CT molecular complexity index is 117. The number of hydrogen-bond donors (Lipinski definition) is 1. The summed E-state index contributed by atoms with van der Waals surface area (Å²) in [7, 11) is -3.10. The van der Waals surface area contributed by atoms with Gasteiger partial charge >= 0.3 is 29.6 Å². The SMILES string of the molecule is CNS(=O)(=O)[O-].[Na+]. The van der Waals surface area contributed by atoms with Gasteiger partial charge in [-0.15, -0.1) is 0 Å².